The van der Waals surface area contributed by atoms with Crippen LogP contribution in [0.25, 0.3) is 0 Å². The van der Waals surface area contributed by atoms with E-state index in [4.69, 9.17) is 9.84 Å². The number of benzene rings is 1. The Hall–Kier alpha value is -2.16. The Balaban J connectivity index is 1.59. The summed E-state index contributed by atoms with van der Waals surface area (Å²) in [7, 11) is 0. The van der Waals surface area contributed by atoms with Crippen molar-refractivity contribution in [1.82, 2.24) is 20.9 Å². The quantitative estimate of drug-likeness (QED) is 0.636. The summed E-state index contributed by atoms with van der Waals surface area (Å²) in [4.78, 5) is 26.0. The zero-order valence-corrected chi connectivity index (χ0v) is 14.2. The number of urea groups is 2. The molecule has 8 nitrogen and oxygen atoms in total. The predicted molar refractivity (Wildman–Crippen MR) is 90.4 cm³/mol. The molecule has 4 N–H and O–H groups in total. The molecule has 2 aliphatic heterocycles. The van der Waals surface area contributed by atoms with Crippen LogP contribution in [0, 0.1) is 0 Å². The lowest BCUT2D eigenvalue weighted by molar-refractivity contribution is 0.0492. The minimum absolute atomic E-state index is 0.00112. The van der Waals surface area contributed by atoms with Crippen LogP contribution in [-0.4, -0.2) is 47.6 Å². The van der Waals surface area contributed by atoms with E-state index in [-0.39, 0.29) is 18.7 Å². The molecule has 2 saturated heterocycles. The number of carbonyl (C=O) groups is 2. The van der Waals surface area contributed by atoms with Crippen molar-refractivity contribution in [1.29, 1.82) is 0 Å². The van der Waals surface area contributed by atoms with Crippen LogP contribution in [0.5, 0.6) is 0 Å². The van der Waals surface area contributed by atoms with Crippen LogP contribution < -0.4 is 16.0 Å². The van der Waals surface area contributed by atoms with Gasteiger partial charge < -0.3 is 20.5 Å². The molecule has 0 spiro atoms. The molecule has 2 fully saturated rings. The number of carbonyl (C=O) groups excluding carboxylic acids is 2. The summed E-state index contributed by atoms with van der Waals surface area (Å²) in [6.07, 6.45) is 0.683. The van der Waals surface area contributed by atoms with E-state index in [1.807, 2.05) is 31.2 Å². The topological polar surface area (TPSA) is 103 Å². The number of imide groups is 1. The summed E-state index contributed by atoms with van der Waals surface area (Å²) >= 11 is 0. The van der Waals surface area contributed by atoms with Crippen LogP contribution in [-0.2, 0) is 11.3 Å². The number of aliphatic hydroxyl groups is 1. The van der Waals surface area contributed by atoms with Crippen LogP contribution in [0.15, 0.2) is 24.3 Å². The molecule has 1 unspecified atom stereocenters. The van der Waals surface area contributed by atoms with E-state index in [0.717, 1.165) is 11.1 Å². The molecular weight excluding hydrogens is 324 g/mol. The Morgan fingerprint density at radius 3 is 2.36 bits per heavy atom. The standard InChI is InChI=1S/C17H24N4O4/c1-11(13-4-2-12(10-22)3-5-13)18-15-19-16(23)21(17(24)20-15)14-6-8-25-9-7-14/h2-5,11,14-15,18,22H,6-10H2,1H3,(H,19,23)(H,20,24). The van der Waals surface area contributed by atoms with E-state index in [9.17, 15) is 9.59 Å². The monoisotopic (exact) mass is 348 g/mol. The number of nitrogens with one attached hydrogen (secondary N) is 3. The fourth-order valence-corrected chi connectivity index (χ4v) is 3.13. The molecule has 4 amide bonds. The molecular formula is C17H24N4O4. The van der Waals surface area contributed by atoms with E-state index in [0.29, 0.717) is 26.1 Å². The first kappa shape index (κ1) is 17.7. The predicted octanol–water partition coefficient (Wildman–Crippen LogP) is 1.03. The lowest BCUT2D eigenvalue weighted by atomic mass is 10.1. The Bertz CT molecular complexity index is 598. The number of hydrogen-bond donors (Lipinski definition) is 4. The fraction of sp³-hybridized carbons (Fsp3) is 0.529. The summed E-state index contributed by atoms with van der Waals surface area (Å²) in [6, 6.07) is 6.50. The van der Waals surface area contributed by atoms with Crippen molar-refractivity contribution in [3.63, 3.8) is 0 Å². The van der Waals surface area contributed by atoms with E-state index >= 15 is 0 Å². The number of ether oxygens (including phenoxy) is 1. The van der Waals surface area contributed by atoms with E-state index in [2.05, 4.69) is 16.0 Å². The number of nitrogens with zero attached hydrogens (tertiary/aromatic N) is 1. The van der Waals surface area contributed by atoms with Gasteiger partial charge in [0.05, 0.1) is 6.61 Å². The normalized spacial score (nSPS) is 21.0. The summed E-state index contributed by atoms with van der Waals surface area (Å²) in [6.45, 7) is 3.06. The third kappa shape index (κ3) is 4.09. The zero-order chi connectivity index (χ0) is 17.8. The molecule has 0 bridgehead atoms. The first-order valence-electron chi connectivity index (χ1n) is 8.52. The van der Waals surface area contributed by atoms with Gasteiger partial charge in [-0.05, 0) is 30.9 Å². The van der Waals surface area contributed by atoms with E-state index in [1.54, 1.807) is 0 Å². The Kier molecular flexibility index (Phi) is 5.52. The second-order valence-corrected chi connectivity index (χ2v) is 6.33. The highest BCUT2D eigenvalue weighted by atomic mass is 16.5. The molecule has 0 saturated carbocycles. The van der Waals surface area contributed by atoms with Crippen molar-refractivity contribution in [2.75, 3.05) is 13.2 Å². The molecule has 1 aromatic rings. The van der Waals surface area contributed by atoms with Crippen molar-refractivity contribution in [2.24, 2.45) is 0 Å². The highest BCUT2D eigenvalue weighted by Gasteiger charge is 2.37. The second kappa shape index (κ2) is 7.81. The minimum atomic E-state index is -0.636. The highest BCUT2D eigenvalue weighted by Crippen LogP contribution is 2.18. The van der Waals surface area contributed by atoms with Crippen LogP contribution in [0.1, 0.15) is 36.9 Å². The Morgan fingerprint density at radius 1 is 1.20 bits per heavy atom. The SMILES string of the molecule is CC(NC1NC(=O)N(C2CCOCC2)C(=O)N1)c1ccc(CO)cc1. The number of rotatable bonds is 5. The average molecular weight is 348 g/mol. The van der Waals surface area contributed by atoms with Crippen molar-refractivity contribution < 1.29 is 19.4 Å². The largest absolute Gasteiger partial charge is 0.392 e. The minimum Gasteiger partial charge on any atom is -0.392 e. The van der Waals surface area contributed by atoms with Gasteiger partial charge in [-0.25, -0.2) is 14.5 Å². The Morgan fingerprint density at radius 2 is 1.80 bits per heavy atom. The van der Waals surface area contributed by atoms with Crippen molar-refractivity contribution >= 4 is 12.1 Å². The molecule has 1 atom stereocenters. The smallest absolute Gasteiger partial charge is 0.328 e. The maximum atomic E-state index is 12.4. The lowest BCUT2D eigenvalue weighted by Gasteiger charge is -2.39. The van der Waals surface area contributed by atoms with Gasteiger partial charge in [-0.1, -0.05) is 24.3 Å². The van der Waals surface area contributed by atoms with Gasteiger partial charge in [-0.15, -0.1) is 0 Å². The van der Waals surface area contributed by atoms with E-state index < -0.39 is 18.4 Å². The molecule has 0 radical (unpaired) electrons. The van der Waals surface area contributed by atoms with Crippen LogP contribution in [0.2, 0.25) is 0 Å². The first-order chi connectivity index (χ1) is 12.1. The average Bonchev–Trinajstić information content (AvgIpc) is 2.62. The van der Waals surface area contributed by atoms with Crippen molar-refractivity contribution in [3.05, 3.63) is 35.4 Å². The maximum absolute atomic E-state index is 12.4. The number of hydrogen-bond acceptors (Lipinski definition) is 5. The van der Waals surface area contributed by atoms with Crippen LogP contribution in [0.4, 0.5) is 9.59 Å². The molecule has 25 heavy (non-hydrogen) atoms. The second-order valence-electron chi connectivity index (χ2n) is 6.33. The lowest BCUT2D eigenvalue weighted by Crippen LogP contribution is -2.70. The van der Waals surface area contributed by atoms with Gasteiger partial charge in [0.25, 0.3) is 0 Å². The molecule has 136 valence electrons. The molecule has 0 aromatic heterocycles. The molecule has 0 aliphatic carbocycles. The Labute approximate surface area is 146 Å². The molecule has 8 heteroatoms. The van der Waals surface area contributed by atoms with Crippen molar-refractivity contribution in [2.45, 2.75) is 44.7 Å². The summed E-state index contributed by atoms with van der Waals surface area (Å²) in [5.41, 5.74) is 1.83. The van der Waals surface area contributed by atoms with Gasteiger partial charge in [0.2, 0.25) is 0 Å². The maximum Gasteiger partial charge on any atom is 0.328 e. The molecule has 2 heterocycles. The van der Waals surface area contributed by atoms with Crippen LogP contribution >= 0.6 is 0 Å². The van der Waals surface area contributed by atoms with Gasteiger partial charge >= 0.3 is 12.1 Å². The number of aliphatic hydroxyl groups excluding tert-OH is 1. The van der Waals surface area contributed by atoms with Gasteiger partial charge in [0.15, 0.2) is 6.29 Å². The molecule has 3 rings (SSSR count). The highest BCUT2D eigenvalue weighted by molar-refractivity contribution is 5.96. The van der Waals surface area contributed by atoms with Crippen LogP contribution in [0.3, 0.4) is 0 Å². The first-order valence-corrected chi connectivity index (χ1v) is 8.52. The van der Waals surface area contributed by atoms with Crippen molar-refractivity contribution in [3.8, 4) is 0 Å². The van der Waals surface area contributed by atoms with Gasteiger partial charge in [-0.3, -0.25) is 5.32 Å². The third-order valence-electron chi connectivity index (χ3n) is 4.61. The molecule has 1 aromatic carbocycles. The van der Waals surface area contributed by atoms with Gasteiger partial charge in [0.1, 0.15) is 0 Å². The van der Waals surface area contributed by atoms with E-state index in [1.165, 1.54) is 4.90 Å². The third-order valence-corrected chi connectivity index (χ3v) is 4.61. The van der Waals surface area contributed by atoms with Gasteiger partial charge in [0, 0.05) is 25.3 Å². The molecule has 2 aliphatic rings. The van der Waals surface area contributed by atoms with Gasteiger partial charge in [-0.2, -0.15) is 0 Å². The summed E-state index contributed by atoms with van der Waals surface area (Å²) in [5.74, 6) is 0. The number of amides is 4. The fourth-order valence-electron chi connectivity index (χ4n) is 3.13. The summed E-state index contributed by atoms with van der Waals surface area (Å²) in [5, 5.41) is 17.8. The zero-order valence-electron chi connectivity index (χ0n) is 14.2. The summed E-state index contributed by atoms with van der Waals surface area (Å²) < 4.78 is 5.28.